The first-order valence-corrected chi connectivity index (χ1v) is 13.4. The average Bonchev–Trinajstić information content (AvgIpc) is 2.86. The number of amides is 1. The Morgan fingerprint density at radius 3 is 2.36 bits per heavy atom. The smallest absolute Gasteiger partial charge is 0.417 e. The van der Waals surface area contributed by atoms with Crippen LogP contribution in [-0.4, -0.2) is 112 Å². The van der Waals surface area contributed by atoms with Crippen molar-refractivity contribution >= 4 is 23.2 Å². The number of hydrogen-bond acceptors (Lipinski definition) is 10. The molecule has 1 aliphatic heterocycles. The molecule has 0 aromatic heterocycles. The van der Waals surface area contributed by atoms with E-state index in [0.717, 1.165) is 6.07 Å². The second-order valence-electron chi connectivity index (χ2n) is 11.9. The number of likely N-dealkylation sites (N-methyl/N-ethyl adjacent to an activating group) is 3. The first kappa shape index (κ1) is 30.0. The number of aliphatic hydroxyl groups is 3. The molecule has 4 aliphatic rings. The van der Waals surface area contributed by atoms with E-state index in [0.29, 0.717) is 13.1 Å². The number of nitrogens with zero attached hydrogens (tertiary/aromatic N) is 3. The highest BCUT2D eigenvalue weighted by molar-refractivity contribution is 6.24. The maximum Gasteiger partial charge on any atom is 0.417 e. The number of rotatable bonds is 3. The fourth-order valence-electron chi connectivity index (χ4n) is 7.29. The molecule has 1 saturated heterocycles. The number of phenolic OH excluding ortho intramolecular Hbond substituents is 1. The zero-order valence-corrected chi connectivity index (χ0v) is 23.5. The number of nitrogens with two attached hydrogens (primary N) is 1. The topological polar surface area (TPSA) is 168 Å². The van der Waals surface area contributed by atoms with Crippen molar-refractivity contribution in [2.75, 3.05) is 47.8 Å². The highest BCUT2D eigenvalue weighted by Gasteiger charge is 2.64. The van der Waals surface area contributed by atoms with Gasteiger partial charge in [0.05, 0.1) is 17.2 Å². The van der Waals surface area contributed by atoms with Crippen LogP contribution in [0.3, 0.4) is 0 Å². The van der Waals surface area contributed by atoms with Gasteiger partial charge in [0.25, 0.3) is 5.91 Å². The number of halogens is 3. The molecule has 5 rings (SSSR count). The minimum absolute atomic E-state index is 0.173. The van der Waals surface area contributed by atoms with Crippen LogP contribution in [0, 0.1) is 11.8 Å². The number of benzene rings is 1. The quantitative estimate of drug-likeness (QED) is 0.317. The van der Waals surface area contributed by atoms with Crippen LogP contribution in [0.4, 0.5) is 13.2 Å². The number of ketones is 2. The van der Waals surface area contributed by atoms with Crippen molar-refractivity contribution in [3.63, 3.8) is 0 Å². The molecule has 11 nitrogen and oxygen atoms in total. The van der Waals surface area contributed by atoms with E-state index in [1.807, 2.05) is 4.90 Å². The summed E-state index contributed by atoms with van der Waals surface area (Å²) in [6.45, 7) is 1.37. The summed E-state index contributed by atoms with van der Waals surface area (Å²) in [7, 11) is 6.35. The number of aromatic hydroxyl groups is 1. The molecule has 6 N–H and O–H groups in total. The van der Waals surface area contributed by atoms with Gasteiger partial charge in [-0.15, -0.1) is 0 Å². The monoisotopic (exact) mass is 594 g/mol. The van der Waals surface area contributed by atoms with Gasteiger partial charge in [0.1, 0.15) is 22.8 Å². The van der Waals surface area contributed by atoms with E-state index in [4.69, 9.17) is 5.73 Å². The average molecular weight is 595 g/mol. The Morgan fingerprint density at radius 2 is 1.79 bits per heavy atom. The molecule has 228 valence electrons. The second kappa shape index (κ2) is 9.79. The van der Waals surface area contributed by atoms with Gasteiger partial charge in [-0.05, 0) is 64.1 Å². The standard InChI is InChI=1S/C28H33F3N4O7/c1-33(2)21-14-8-11-7-13-18(22(37)17(11)24(39)27(14,42)25(40)19(23(21)38)26(32)41)16(36)9-12(20(13)28(29,30)31)15-10-34(3)5-6-35(15)4/h9,11,14-15,21,36-37,40,42H,5-8,10H2,1-4H3,(H2,32,41)/t11-,14-,15?,21-,27-/m0/s1. The fourth-order valence-corrected chi connectivity index (χ4v) is 7.29. The van der Waals surface area contributed by atoms with Crippen LogP contribution < -0.4 is 5.73 Å². The number of hydrogen-bond donors (Lipinski definition) is 5. The minimum Gasteiger partial charge on any atom is -0.508 e. The summed E-state index contributed by atoms with van der Waals surface area (Å²) in [6.07, 6.45) is -5.65. The maximum atomic E-state index is 14.8. The number of piperazine rings is 1. The molecule has 3 aliphatic carbocycles. The fraction of sp³-hybridized carbons (Fsp3) is 0.536. The van der Waals surface area contributed by atoms with Crippen LogP contribution in [0.5, 0.6) is 5.75 Å². The Labute approximate surface area is 239 Å². The number of carbonyl (C=O) groups excluding carboxylic acids is 3. The molecule has 42 heavy (non-hydrogen) atoms. The van der Waals surface area contributed by atoms with Gasteiger partial charge >= 0.3 is 6.18 Å². The molecule has 0 spiro atoms. The van der Waals surface area contributed by atoms with Crippen LogP contribution in [0.1, 0.15) is 34.7 Å². The van der Waals surface area contributed by atoms with E-state index in [1.165, 1.54) is 19.0 Å². The van der Waals surface area contributed by atoms with Gasteiger partial charge < -0.3 is 31.1 Å². The largest absolute Gasteiger partial charge is 0.508 e. The van der Waals surface area contributed by atoms with E-state index in [9.17, 15) is 48.0 Å². The third-order valence-corrected chi connectivity index (χ3v) is 9.25. The van der Waals surface area contributed by atoms with E-state index >= 15 is 0 Å². The molecule has 14 heteroatoms. The summed E-state index contributed by atoms with van der Waals surface area (Å²) in [5.74, 6) is -9.02. The number of Topliss-reactive ketones (excluding diaryl/α,β-unsaturated/α-hetero) is 2. The first-order chi connectivity index (χ1) is 19.4. The van der Waals surface area contributed by atoms with Gasteiger partial charge in [0, 0.05) is 37.2 Å². The number of alkyl halides is 3. The molecule has 1 unspecified atom stereocenters. The third kappa shape index (κ3) is 4.14. The van der Waals surface area contributed by atoms with Gasteiger partial charge in [0.2, 0.25) is 5.78 Å². The summed E-state index contributed by atoms with van der Waals surface area (Å²) in [4.78, 5) is 44.2. The van der Waals surface area contributed by atoms with Crippen molar-refractivity contribution in [2.45, 2.75) is 36.7 Å². The van der Waals surface area contributed by atoms with Crippen LogP contribution in [0.25, 0.3) is 5.76 Å². The van der Waals surface area contributed by atoms with E-state index in [2.05, 4.69) is 0 Å². The predicted octanol–water partition coefficient (Wildman–Crippen LogP) is 0.901. The Balaban J connectivity index is 1.75. The molecule has 1 heterocycles. The minimum atomic E-state index is -4.90. The van der Waals surface area contributed by atoms with Crippen molar-refractivity contribution in [1.29, 1.82) is 0 Å². The molecule has 1 amide bonds. The number of phenols is 1. The Morgan fingerprint density at radius 1 is 1.14 bits per heavy atom. The van der Waals surface area contributed by atoms with E-state index in [1.54, 1.807) is 19.0 Å². The summed E-state index contributed by atoms with van der Waals surface area (Å²) in [5, 5.41) is 44.9. The molecule has 2 fully saturated rings. The van der Waals surface area contributed by atoms with Crippen molar-refractivity contribution in [1.82, 2.24) is 14.7 Å². The number of aliphatic hydroxyl groups excluding tert-OH is 2. The van der Waals surface area contributed by atoms with Crippen LogP contribution >= 0.6 is 0 Å². The summed E-state index contributed by atoms with van der Waals surface area (Å²) in [6, 6.07) is -1.12. The first-order valence-electron chi connectivity index (χ1n) is 13.4. The SMILES string of the molecule is CN1CCN(C)C(c2cc(O)c3c(c2C(F)(F)F)C[C@H]2C[C@H]4[C@H](N(C)C)C(=O)C(C(N)=O)=C(O)[C@@]4(O)C(=O)C2=C3O)C1. The van der Waals surface area contributed by atoms with Crippen LogP contribution in [0.2, 0.25) is 0 Å². The Kier molecular flexibility index (Phi) is 7.00. The second-order valence-corrected chi connectivity index (χ2v) is 11.9. The molecule has 0 radical (unpaired) electrons. The lowest BCUT2D eigenvalue weighted by Crippen LogP contribution is -2.65. The number of carbonyl (C=O) groups is 3. The zero-order chi connectivity index (χ0) is 31.2. The van der Waals surface area contributed by atoms with Crippen LogP contribution in [0.15, 0.2) is 23.0 Å². The highest BCUT2D eigenvalue weighted by Crippen LogP contribution is 2.55. The summed E-state index contributed by atoms with van der Waals surface area (Å²) < 4.78 is 44.5. The van der Waals surface area contributed by atoms with Gasteiger partial charge in [-0.3, -0.25) is 24.2 Å². The molecule has 5 atom stereocenters. The van der Waals surface area contributed by atoms with Gasteiger partial charge in [-0.1, -0.05) is 0 Å². The van der Waals surface area contributed by atoms with Crippen molar-refractivity contribution in [3.05, 3.63) is 45.2 Å². The van der Waals surface area contributed by atoms with Crippen molar-refractivity contribution in [3.8, 4) is 5.75 Å². The highest BCUT2D eigenvalue weighted by atomic mass is 19.4. The molecular weight excluding hydrogens is 561 g/mol. The normalized spacial score (nSPS) is 30.9. The molecule has 1 saturated carbocycles. The lowest BCUT2D eigenvalue weighted by atomic mass is 9.57. The molecular formula is C28H33F3N4O7. The molecule has 1 aromatic carbocycles. The Bertz CT molecular complexity index is 1470. The molecule has 0 bridgehead atoms. The molecule has 1 aromatic rings. The van der Waals surface area contributed by atoms with Crippen molar-refractivity contribution in [2.24, 2.45) is 17.6 Å². The lowest BCUT2D eigenvalue weighted by Gasteiger charge is -2.50. The maximum absolute atomic E-state index is 14.8. The van der Waals surface area contributed by atoms with E-state index < -0.39 is 105 Å². The van der Waals surface area contributed by atoms with Gasteiger partial charge in [-0.25, -0.2) is 0 Å². The zero-order valence-electron chi connectivity index (χ0n) is 23.5. The number of primary amides is 1. The van der Waals surface area contributed by atoms with Crippen molar-refractivity contribution < 1.29 is 48.0 Å². The summed E-state index contributed by atoms with van der Waals surface area (Å²) >= 11 is 0. The summed E-state index contributed by atoms with van der Waals surface area (Å²) in [5.41, 5.74) is -1.23. The van der Waals surface area contributed by atoms with Gasteiger partial charge in [-0.2, -0.15) is 13.2 Å². The lowest BCUT2D eigenvalue weighted by molar-refractivity contribution is -0.153. The van der Waals surface area contributed by atoms with Crippen LogP contribution in [-0.2, 0) is 27.0 Å². The number of fused-ring (bicyclic) bond motifs is 3. The van der Waals surface area contributed by atoms with Gasteiger partial charge in [0.15, 0.2) is 11.4 Å². The van der Waals surface area contributed by atoms with E-state index in [-0.39, 0.29) is 18.5 Å². The third-order valence-electron chi connectivity index (χ3n) is 9.25. The Hall–Kier alpha value is -3.46. The predicted molar refractivity (Wildman–Crippen MR) is 142 cm³/mol.